The van der Waals surface area contributed by atoms with Gasteiger partial charge in [0.2, 0.25) is 0 Å². The van der Waals surface area contributed by atoms with Gasteiger partial charge in [-0.1, -0.05) is 30.3 Å². The Labute approximate surface area is 117 Å². The van der Waals surface area contributed by atoms with Crippen LogP contribution in [0.1, 0.15) is 10.4 Å². The van der Waals surface area contributed by atoms with Crippen molar-refractivity contribution in [3.8, 4) is 0 Å². The maximum atomic E-state index is 10.0. The summed E-state index contributed by atoms with van der Waals surface area (Å²) >= 11 is 8.17. The molecule has 0 aliphatic carbocycles. The maximum absolute atomic E-state index is 10.0. The van der Waals surface area contributed by atoms with Crippen molar-refractivity contribution in [3.63, 3.8) is 0 Å². The van der Waals surface area contributed by atoms with Crippen LogP contribution in [0.3, 0.4) is 0 Å². The Morgan fingerprint density at radius 3 is 1.72 bits per heavy atom. The lowest BCUT2D eigenvalue weighted by Gasteiger charge is -2.03. The number of nitrogens with two attached hydrogens (primary N) is 1. The molecule has 0 radical (unpaired) electrons. The van der Waals surface area contributed by atoms with Gasteiger partial charge in [0.15, 0.2) is 0 Å². The van der Waals surface area contributed by atoms with E-state index in [1.54, 1.807) is 26.2 Å². The van der Waals surface area contributed by atoms with Crippen LogP contribution in [0, 0.1) is 0 Å². The van der Waals surface area contributed by atoms with Crippen LogP contribution in [0.4, 0.5) is 0 Å². The molecular weight excluding hydrogens is 272 g/mol. The fourth-order valence-electron chi connectivity index (χ4n) is 0.532. The molecule has 1 rings (SSSR count). The molecule has 1 aromatic carbocycles. The third-order valence-electron chi connectivity index (χ3n) is 1.32. The zero-order valence-corrected chi connectivity index (χ0v) is 11.7. The van der Waals surface area contributed by atoms with Crippen molar-refractivity contribution in [2.75, 3.05) is 14.1 Å². The predicted molar refractivity (Wildman–Crippen MR) is 80.2 cm³/mol. The smallest absolute Gasteiger partial charge is 0.256 e. The van der Waals surface area contributed by atoms with Gasteiger partial charge in [-0.25, -0.2) is 0 Å². The van der Waals surface area contributed by atoms with E-state index in [1.165, 1.54) is 4.90 Å². The topological polar surface area (TPSA) is 86.8 Å². The van der Waals surface area contributed by atoms with Crippen LogP contribution < -0.4 is 5.73 Å². The average molecular weight is 288 g/mol. The summed E-state index contributed by atoms with van der Waals surface area (Å²) in [6.45, 7) is 0. The van der Waals surface area contributed by atoms with Crippen LogP contribution in [0.5, 0.6) is 0 Å². The highest BCUT2D eigenvalue weighted by Gasteiger charge is 1.86. The molecule has 0 heterocycles. The minimum absolute atomic E-state index is 0.0741. The average Bonchev–Trinajstić information content (AvgIpc) is 2.30. The second-order valence-electron chi connectivity index (χ2n) is 3.04. The number of aliphatic hydroxyl groups is 2. The van der Waals surface area contributed by atoms with E-state index in [9.17, 15) is 4.79 Å². The minimum atomic E-state index is -0.500. The zero-order chi connectivity index (χ0) is 14.6. The number of hydrogen-bond donors (Lipinski definition) is 3. The summed E-state index contributed by atoms with van der Waals surface area (Å²) in [5.74, 6) is 0. The van der Waals surface area contributed by atoms with E-state index in [2.05, 4.69) is 30.2 Å². The van der Waals surface area contributed by atoms with Gasteiger partial charge in [-0.3, -0.25) is 4.79 Å². The van der Waals surface area contributed by atoms with E-state index in [0.29, 0.717) is 0 Å². The molecule has 1 aromatic rings. The SMILES string of the molecule is CN(C)C(O)=S.NC(O)=S.O=Cc1ccccc1. The van der Waals surface area contributed by atoms with Crippen molar-refractivity contribution in [2.45, 2.75) is 0 Å². The molecule has 0 bridgehead atoms. The maximum Gasteiger partial charge on any atom is 0.256 e. The predicted octanol–water partition coefficient (Wildman–Crippen LogP) is 1.68. The molecule has 0 unspecified atom stereocenters. The van der Waals surface area contributed by atoms with Gasteiger partial charge < -0.3 is 20.8 Å². The number of aliphatic hydroxyl groups excluding tert-OH is 2. The second kappa shape index (κ2) is 11.7. The second-order valence-corrected chi connectivity index (χ2v) is 3.83. The molecule has 100 valence electrons. The molecule has 18 heavy (non-hydrogen) atoms. The van der Waals surface area contributed by atoms with Crippen LogP contribution in [0.25, 0.3) is 0 Å². The Bertz CT molecular complexity index is 366. The van der Waals surface area contributed by atoms with Gasteiger partial charge in [-0.05, 0) is 24.4 Å². The van der Waals surface area contributed by atoms with Crippen molar-refractivity contribution >= 4 is 41.1 Å². The number of carbonyl (C=O) groups excluding carboxylic acids is 1. The summed E-state index contributed by atoms with van der Waals surface area (Å²) in [4.78, 5) is 11.5. The molecule has 0 aliphatic heterocycles. The number of hydrogen-bond acceptors (Lipinski definition) is 3. The van der Waals surface area contributed by atoms with Gasteiger partial charge >= 0.3 is 0 Å². The van der Waals surface area contributed by atoms with Gasteiger partial charge in [0.25, 0.3) is 10.3 Å². The van der Waals surface area contributed by atoms with E-state index in [4.69, 9.17) is 10.2 Å². The van der Waals surface area contributed by atoms with Crippen molar-refractivity contribution in [1.29, 1.82) is 0 Å². The lowest BCUT2D eigenvalue weighted by Crippen LogP contribution is -2.17. The number of rotatable bonds is 1. The fraction of sp³-hybridized carbons (Fsp3) is 0.182. The summed E-state index contributed by atoms with van der Waals surface area (Å²) in [7, 11) is 3.37. The molecule has 4 N–H and O–H groups in total. The number of benzene rings is 1. The highest BCUT2D eigenvalue weighted by Crippen LogP contribution is 1.91. The summed E-state index contributed by atoms with van der Waals surface area (Å²) in [5, 5.41) is 15.3. The van der Waals surface area contributed by atoms with Gasteiger partial charge in [0.1, 0.15) is 6.29 Å². The summed E-state index contributed by atoms with van der Waals surface area (Å²) < 4.78 is 0. The molecule has 7 heteroatoms. The van der Waals surface area contributed by atoms with Gasteiger partial charge in [0, 0.05) is 19.7 Å². The third kappa shape index (κ3) is 16.7. The van der Waals surface area contributed by atoms with Gasteiger partial charge in [-0.2, -0.15) is 0 Å². The highest BCUT2D eigenvalue weighted by molar-refractivity contribution is 7.80. The van der Waals surface area contributed by atoms with Crippen LogP contribution in [0.2, 0.25) is 0 Å². The Morgan fingerprint density at radius 2 is 1.56 bits per heavy atom. The standard InChI is InChI=1S/C7H6O.C3H7NOS.CH3NOS/c8-6-7-4-2-1-3-5-7;1-4(2)3(5)6;2-1(3)4/h1-6H;1-2H3,(H,5,6);(H3,2,3,4). The van der Waals surface area contributed by atoms with E-state index >= 15 is 0 Å². The largest absolute Gasteiger partial charge is 0.487 e. The lowest BCUT2D eigenvalue weighted by atomic mass is 10.2. The molecule has 0 aliphatic rings. The van der Waals surface area contributed by atoms with Crippen molar-refractivity contribution in [3.05, 3.63) is 35.9 Å². The van der Waals surface area contributed by atoms with Crippen LogP contribution in [-0.2, 0) is 0 Å². The van der Waals surface area contributed by atoms with Crippen LogP contribution >= 0.6 is 24.4 Å². The fourth-order valence-corrected chi connectivity index (χ4v) is 0.532. The van der Waals surface area contributed by atoms with E-state index in [1.807, 2.05) is 18.2 Å². The van der Waals surface area contributed by atoms with Crippen molar-refractivity contribution < 1.29 is 15.0 Å². The highest BCUT2D eigenvalue weighted by atomic mass is 32.1. The zero-order valence-electron chi connectivity index (χ0n) is 10.1. The molecule has 0 amide bonds. The molecule has 0 saturated carbocycles. The first-order valence-electron chi connectivity index (χ1n) is 4.70. The summed E-state index contributed by atoms with van der Waals surface area (Å²) in [6.07, 6.45) is 0.833. The molecule has 0 saturated heterocycles. The Hall–Kier alpha value is -1.73. The van der Waals surface area contributed by atoms with E-state index < -0.39 is 5.17 Å². The summed E-state index contributed by atoms with van der Waals surface area (Å²) in [6, 6.07) is 9.10. The first-order valence-corrected chi connectivity index (χ1v) is 5.51. The molecule has 0 spiro atoms. The molecular formula is C11H16N2O3S2. The first-order chi connectivity index (χ1) is 8.31. The Balaban J connectivity index is 0. The number of aldehydes is 1. The van der Waals surface area contributed by atoms with Crippen molar-refractivity contribution in [2.24, 2.45) is 5.73 Å². The number of thiocarbonyl (C=S) groups is 2. The van der Waals surface area contributed by atoms with Crippen LogP contribution in [0.15, 0.2) is 30.3 Å². The van der Waals surface area contributed by atoms with Crippen molar-refractivity contribution in [1.82, 2.24) is 4.90 Å². The molecule has 0 atom stereocenters. The third-order valence-corrected chi connectivity index (χ3v) is 1.68. The Kier molecular flexibility index (Phi) is 12.2. The number of nitrogens with zero attached hydrogens (tertiary/aromatic N) is 1. The monoisotopic (exact) mass is 288 g/mol. The van der Waals surface area contributed by atoms with E-state index in [-0.39, 0.29) is 5.17 Å². The van der Waals surface area contributed by atoms with E-state index in [0.717, 1.165) is 11.8 Å². The minimum Gasteiger partial charge on any atom is -0.487 e. The first kappa shape index (κ1) is 18.6. The Morgan fingerprint density at radius 1 is 1.22 bits per heavy atom. The number of carbonyl (C=O) groups is 1. The molecule has 0 aromatic heterocycles. The normalized spacial score (nSPS) is 7.67. The van der Waals surface area contributed by atoms with Gasteiger partial charge in [-0.15, -0.1) is 0 Å². The lowest BCUT2D eigenvalue weighted by molar-refractivity contribution is 0.112. The molecule has 5 nitrogen and oxygen atoms in total. The molecule has 0 fully saturated rings. The summed E-state index contributed by atoms with van der Waals surface area (Å²) in [5.41, 5.74) is 5.13. The van der Waals surface area contributed by atoms with Crippen LogP contribution in [-0.4, -0.2) is 45.8 Å². The van der Waals surface area contributed by atoms with Gasteiger partial charge in [0.05, 0.1) is 0 Å². The quantitative estimate of drug-likeness (QED) is 0.535.